The fourth-order valence-corrected chi connectivity index (χ4v) is 4.38. The van der Waals surface area contributed by atoms with Crippen molar-refractivity contribution in [3.05, 3.63) is 40.3 Å². The summed E-state index contributed by atoms with van der Waals surface area (Å²) in [7, 11) is 6.23. The van der Waals surface area contributed by atoms with Crippen molar-refractivity contribution in [2.75, 3.05) is 40.3 Å². The molecular formula is C19H30N6S. The number of hydrogen-bond acceptors (Lipinski definition) is 4. The van der Waals surface area contributed by atoms with Crippen LogP contribution in [0.1, 0.15) is 35.7 Å². The Morgan fingerprint density at radius 3 is 2.96 bits per heavy atom. The number of aromatic nitrogens is 2. The van der Waals surface area contributed by atoms with Gasteiger partial charge in [0.2, 0.25) is 0 Å². The van der Waals surface area contributed by atoms with Crippen molar-refractivity contribution in [3.8, 4) is 0 Å². The Morgan fingerprint density at radius 1 is 1.50 bits per heavy atom. The Morgan fingerprint density at radius 2 is 2.35 bits per heavy atom. The molecule has 2 unspecified atom stereocenters. The van der Waals surface area contributed by atoms with Gasteiger partial charge in [-0.15, -0.1) is 11.3 Å². The van der Waals surface area contributed by atoms with Gasteiger partial charge in [-0.3, -0.25) is 9.67 Å². The molecule has 0 spiro atoms. The molecule has 2 atom stereocenters. The van der Waals surface area contributed by atoms with Crippen LogP contribution in [0.25, 0.3) is 0 Å². The molecule has 6 nitrogen and oxygen atoms in total. The third-order valence-electron chi connectivity index (χ3n) is 4.93. The van der Waals surface area contributed by atoms with E-state index < -0.39 is 0 Å². The van der Waals surface area contributed by atoms with Gasteiger partial charge in [-0.25, -0.2) is 0 Å². The lowest BCUT2D eigenvalue weighted by molar-refractivity contribution is 0.309. The lowest BCUT2D eigenvalue weighted by Crippen LogP contribution is -2.40. The quantitative estimate of drug-likeness (QED) is 0.624. The second-order valence-corrected chi connectivity index (χ2v) is 8.05. The highest BCUT2D eigenvalue weighted by atomic mass is 32.1. The number of hydrogen-bond donors (Lipinski definition) is 1. The lowest BCUT2D eigenvalue weighted by atomic mass is 10.0. The molecular weight excluding hydrogens is 344 g/mol. The average molecular weight is 375 g/mol. The molecule has 0 aromatic carbocycles. The molecule has 1 aliphatic heterocycles. The van der Waals surface area contributed by atoms with Gasteiger partial charge >= 0.3 is 0 Å². The molecule has 7 heteroatoms. The fourth-order valence-electron chi connectivity index (χ4n) is 3.46. The zero-order chi connectivity index (χ0) is 18.5. The van der Waals surface area contributed by atoms with E-state index in [1.807, 2.05) is 17.9 Å². The van der Waals surface area contributed by atoms with Crippen molar-refractivity contribution in [1.29, 1.82) is 0 Å². The van der Waals surface area contributed by atoms with Crippen LogP contribution in [-0.4, -0.2) is 65.8 Å². The Hall–Kier alpha value is -1.86. The van der Waals surface area contributed by atoms with E-state index in [1.54, 1.807) is 11.3 Å². The number of likely N-dealkylation sites (N-methyl/N-ethyl adjacent to an activating group) is 1. The monoisotopic (exact) mass is 374 g/mol. The molecule has 1 saturated heterocycles. The van der Waals surface area contributed by atoms with Crippen LogP contribution in [0.2, 0.25) is 0 Å². The smallest absolute Gasteiger partial charge is 0.194 e. The molecule has 1 aliphatic rings. The van der Waals surface area contributed by atoms with Crippen LogP contribution in [0.5, 0.6) is 0 Å². The van der Waals surface area contributed by atoms with Crippen LogP contribution in [0.15, 0.2) is 34.9 Å². The van der Waals surface area contributed by atoms with E-state index in [4.69, 9.17) is 4.99 Å². The van der Waals surface area contributed by atoms with Crippen LogP contribution in [0, 0.1) is 0 Å². The van der Waals surface area contributed by atoms with Crippen molar-refractivity contribution in [1.82, 2.24) is 24.9 Å². The van der Waals surface area contributed by atoms with Gasteiger partial charge in [-0.2, -0.15) is 5.10 Å². The Labute approximate surface area is 160 Å². The first-order valence-corrected chi connectivity index (χ1v) is 10.2. The molecule has 0 bridgehead atoms. The van der Waals surface area contributed by atoms with Crippen LogP contribution in [-0.2, 0) is 7.05 Å². The Bertz CT molecular complexity index is 705. The molecule has 0 saturated carbocycles. The minimum atomic E-state index is 0.320. The zero-order valence-corrected chi connectivity index (χ0v) is 17.0. The maximum absolute atomic E-state index is 4.98. The second kappa shape index (κ2) is 8.68. The lowest BCUT2D eigenvalue weighted by Gasteiger charge is -2.25. The van der Waals surface area contributed by atoms with E-state index in [0.717, 1.165) is 38.6 Å². The van der Waals surface area contributed by atoms with Gasteiger partial charge in [0.05, 0.1) is 18.8 Å². The summed E-state index contributed by atoms with van der Waals surface area (Å²) in [5, 5.41) is 9.94. The summed E-state index contributed by atoms with van der Waals surface area (Å²) in [4.78, 5) is 11.0. The van der Waals surface area contributed by atoms with E-state index in [-0.39, 0.29) is 0 Å². The van der Waals surface area contributed by atoms with Gasteiger partial charge < -0.3 is 15.1 Å². The zero-order valence-electron chi connectivity index (χ0n) is 16.2. The highest BCUT2D eigenvalue weighted by Crippen LogP contribution is 2.27. The van der Waals surface area contributed by atoms with E-state index in [9.17, 15) is 0 Å². The number of likely N-dealkylation sites (tertiary alicyclic amines) is 1. The van der Waals surface area contributed by atoms with Gasteiger partial charge in [0.25, 0.3) is 0 Å². The maximum Gasteiger partial charge on any atom is 0.194 e. The summed E-state index contributed by atoms with van der Waals surface area (Å²) >= 11 is 1.80. The predicted molar refractivity (Wildman–Crippen MR) is 109 cm³/mol. The van der Waals surface area contributed by atoms with E-state index in [0.29, 0.717) is 12.0 Å². The number of nitrogens with zero attached hydrogens (tertiary/aromatic N) is 5. The number of aliphatic imine (C=N–C) groups is 1. The average Bonchev–Trinajstić information content (AvgIpc) is 3.35. The summed E-state index contributed by atoms with van der Waals surface area (Å²) in [6.07, 6.45) is 5.28. The summed E-state index contributed by atoms with van der Waals surface area (Å²) in [6.45, 7) is 5.83. The van der Waals surface area contributed by atoms with Crippen LogP contribution in [0.3, 0.4) is 0 Å². The minimum absolute atomic E-state index is 0.320. The fraction of sp³-hybridized carbons (Fsp3) is 0.579. The molecule has 0 radical (unpaired) electrons. The number of rotatable bonds is 6. The first kappa shape index (κ1) is 18.9. The highest BCUT2D eigenvalue weighted by Gasteiger charge is 2.27. The Kier molecular flexibility index (Phi) is 6.32. The molecule has 3 heterocycles. The number of guanidine groups is 1. The van der Waals surface area contributed by atoms with E-state index in [2.05, 4.69) is 64.9 Å². The number of thiophene rings is 1. The molecule has 1 N–H and O–H groups in total. The normalized spacial score (nSPS) is 19.3. The van der Waals surface area contributed by atoms with Gasteiger partial charge in [0.15, 0.2) is 5.96 Å². The Balaban J connectivity index is 1.69. The standard InChI is InChI=1S/C19H30N6S/c1-5-20-19(21-12-17(23(2)3)18-7-6-10-26-18)25-9-8-15(14-25)16-11-22-24(4)13-16/h6-7,10-11,13,15,17H,5,8-9,12,14H2,1-4H3,(H,20,21). The number of nitrogens with one attached hydrogen (secondary N) is 1. The van der Waals surface area contributed by atoms with Gasteiger partial charge in [0.1, 0.15) is 0 Å². The largest absolute Gasteiger partial charge is 0.357 e. The predicted octanol–water partition coefficient (Wildman–Crippen LogP) is 2.54. The molecule has 26 heavy (non-hydrogen) atoms. The molecule has 2 aromatic rings. The van der Waals surface area contributed by atoms with Crippen LogP contribution >= 0.6 is 11.3 Å². The minimum Gasteiger partial charge on any atom is -0.357 e. The molecule has 0 aliphatic carbocycles. The SMILES string of the molecule is CCNC(=NCC(c1cccs1)N(C)C)N1CCC(c2cnn(C)c2)C1. The molecule has 3 rings (SSSR count). The third-order valence-corrected chi connectivity index (χ3v) is 5.90. The first-order chi connectivity index (χ1) is 12.6. The van der Waals surface area contributed by atoms with Gasteiger partial charge in [-0.1, -0.05) is 6.07 Å². The van der Waals surface area contributed by atoms with Crippen molar-refractivity contribution < 1.29 is 0 Å². The van der Waals surface area contributed by atoms with Gasteiger partial charge in [0, 0.05) is 43.7 Å². The summed E-state index contributed by atoms with van der Waals surface area (Å²) in [6, 6.07) is 4.64. The second-order valence-electron chi connectivity index (χ2n) is 7.07. The molecule has 0 amide bonds. The highest BCUT2D eigenvalue weighted by molar-refractivity contribution is 7.10. The summed E-state index contributed by atoms with van der Waals surface area (Å²) < 4.78 is 1.89. The topological polar surface area (TPSA) is 48.7 Å². The van der Waals surface area contributed by atoms with Crippen LogP contribution in [0.4, 0.5) is 0 Å². The van der Waals surface area contributed by atoms with Crippen molar-refractivity contribution >= 4 is 17.3 Å². The molecule has 1 fully saturated rings. The van der Waals surface area contributed by atoms with Gasteiger partial charge in [-0.05, 0) is 44.4 Å². The molecule has 142 valence electrons. The third kappa shape index (κ3) is 4.45. The van der Waals surface area contributed by atoms with Crippen LogP contribution < -0.4 is 5.32 Å². The maximum atomic E-state index is 4.98. The van der Waals surface area contributed by atoms with Crippen molar-refractivity contribution in [2.24, 2.45) is 12.0 Å². The summed E-state index contributed by atoms with van der Waals surface area (Å²) in [5.41, 5.74) is 1.33. The summed E-state index contributed by atoms with van der Waals surface area (Å²) in [5.74, 6) is 1.57. The first-order valence-electron chi connectivity index (χ1n) is 9.30. The molecule has 2 aromatic heterocycles. The van der Waals surface area contributed by atoms with Crippen molar-refractivity contribution in [3.63, 3.8) is 0 Å². The van der Waals surface area contributed by atoms with E-state index >= 15 is 0 Å². The van der Waals surface area contributed by atoms with Crippen molar-refractivity contribution in [2.45, 2.75) is 25.3 Å². The van der Waals surface area contributed by atoms with E-state index in [1.165, 1.54) is 10.4 Å². The number of aryl methyl sites for hydroxylation is 1.